The topological polar surface area (TPSA) is 107 Å². The molecular weight excluding hydrogens is 492 g/mol. The largest absolute Gasteiger partial charge is 0.321 e. The van der Waals surface area contributed by atoms with Crippen LogP contribution in [-0.2, 0) is 16.1 Å². The summed E-state index contributed by atoms with van der Waals surface area (Å²) < 4.78 is 0. The Balaban J connectivity index is 1.70. The lowest BCUT2D eigenvalue weighted by molar-refractivity contribution is -0.127. The van der Waals surface area contributed by atoms with Gasteiger partial charge in [0.25, 0.3) is 5.91 Å². The predicted molar refractivity (Wildman–Crippen MR) is 153 cm³/mol. The van der Waals surface area contributed by atoms with Crippen molar-refractivity contribution in [3.8, 4) is 0 Å². The Labute approximate surface area is 229 Å². The quantitative estimate of drug-likeness (QED) is 0.482. The number of anilines is 2. The Hall–Kier alpha value is -4.37. The van der Waals surface area contributed by atoms with E-state index >= 15 is 0 Å². The number of para-hydroxylation sites is 1. The molecule has 4 rings (SSSR count). The second kappa shape index (κ2) is 11.6. The van der Waals surface area contributed by atoms with Crippen LogP contribution in [0.4, 0.5) is 16.2 Å². The number of ketones is 1. The molecule has 9 nitrogen and oxygen atoms in total. The summed E-state index contributed by atoms with van der Waals surface area (Å²) in [4.78, 5) is 52.7. The van der Waals surface area contributed by atoms with Crippen molar-refractivity contribution in [2.24, 2.45) is 10.4 Å². The van der Waals surface area contributed by atoms with Crippen molar-refractivity contribution in [2.75, 3.05) is 30.9 Å². The zero-order valence-electron chi connectivity index (χ0n) is 22.9. The van der Waals surface area contributed by atoms with E-state index in [1.54, 1.807) is 36.5 Å². The van der Waals surface area contributed by atoms with Gasteiger partial charge in [0.2, 0.25) is 6.17 Å². The number of hydrogen-bond donors (Lipinski definition) is 2. The van der Waals surface area contributed by atoms with Gasteiger partial charge in [-0.1, -0.05) is 57.2 Å². The van der Waals surface area contributed by atoms with Crippen molar-refractivity contribution in [1.29, 1.82) is 0 Å². The fourth-order valence-electron chi connectivity index (χ4n) is 4.18. The van der Waals surface area contributed by atoms with Gasteiger partial charge in [0.15, 0.2) is 5.78 Å². The average molecular weight is 527 g/mol. The fraction of sp³-hybridized carbons (Fsp3) is 0.300. The number of nitrogens with one attached hydrogen (secondary N) is 2. The first-order valence-corrected chi connectivity index (χ1v) is 12.8. The van der Waals surface area contributed by atoms with E-state index in [1.807, 2.05) is 76.2 Å². The van der Waals surface area contributed by atoms with Crippen LogP contribution >= 0.6 is 0 Å². The number of fused-ring (bicyclic) bond motifs is 1. The second-order valence-corrected chi connectivity index (χ2v) is 10.7. The summed E-state index contributed by atoms with van der Waals surface area (Å²) in [6, 6.07) is 19.6. The molecule has 2 N–H and O–H groups in total. The van der Waals surface area contributed by atoms with Crippen molar-refractivity contribution in [2.45, 2.75) is 33.5 Å². The maximum atomic E-state index is 13.9. The van der Waals surface area contributed by atoms with Gasteiger partial charge in [0.1, 0.15) is 0 Å². The molecule has 1 aliphatic heterocycles. The van der Waals surface area contributed by atoms with Crippen LogP contribution in [0.15, 0.2) is 77.9 Å². The number of amides is 3. The van der Waals surface area contributed by atoms with Crippen LogP contribution in [0.5, 0.6) is 0 Å². The van der Waals surface area contributed by atoms with Crippen LogP contribution in [0.2, 0.25) is 0 Å². The van der Waals surface area contributed by atoms with E-state index in [0.717, 1.165) is 5.56 Å². The average Bonchev–Trinajstić information content (AvgIpc) is 2.99. The minimum absolute atomic E-state index is 0.118. The molecule has 0 aliphatic carbocycles. The highest BCUT2D eigenvalue weighted by molar-refractivity contribution is 6.20. The summed E-state index contributed by atoms with van der Waals surface area (Å²) in [5.74, 6) is -0.629. The number of nitrogens with zero attached hydrogens (tertiary/aromatic N) is 4. The number of rotatable bonds is 7. The smallest absolute Gasteiger partial charge is 0.308 e. The number of carbonyl (C=O) groups is 3. The van der Waals surface area contributed by atoms with Crippen LogP contribution in [0.3, 0.4) is 0 Å². The highest BCUT2D eigenvalue weighted by Crippen LogP contribution is 2.29. The number of benzodiazepines with no additional fused rings is 1. The molecule has 0 radical (unpaired) electrons. The Morgan fingerprint density at radius 3 is 2.44 bits per heavy atom. The Bertz CT molecular complexity index is 1400. The normalized spacial score (nSPS) is 15.3. The van der Waals surface area contributed by atoms with Gasteiger partial charge in [-0.15, -0.1) is 0 Å². The van der Waals surface area contributed by atoms with E-state index in [0.29, 0.717) is 34.9 Å². The molecule has 202 valence electrons. The molecule has 1 atom stereocenters. The molecule has 2 heterocycles. The first-order valence-electron chi connectivity index (χ1n) is 12.8. The molecule has 1 aliphatic rings. The maximum absolute atomic E-state index is 13.9. The number of benzene rings is 2. The van der Waals surface area contributed by atoms with Gasteiger partial charge in [-0.3, -0.25) is 14.6 Å². The van der Waals surface area contributed by atoms with Crippen molar-refractivity contribution < 1.29 is 14.4 Å². The Morgan fingerprint density at radius 1 is 1.00 bits per heavy atom. The lowest BCUT2D eigenvalue weighted by Crippen LogP contribution is -2.50. The predicted octanol–water partition coefficient (Wildman–Crippen LogP) is 4.09. The van der Waals surface area contributed by atoms with Gasteiger partial charge in [0.05, 0.1) is 23.6 Å². The third-order valence-corrected chi connectivity index (χ3v) is 6.21. The van der Waals surface area contributed by atoms with E-state index in [-0.39, 0.29) is 12.3 Å². The summed E-state index contributed by atoms with van der Waals surface area (Å²) in [6.45, 7) is 5.99. The number of pyridine rings is 1. The molecular formula is C30H34N6O3. The summed E-state index contributed by atoms with van der Waals surface area (Å²) in [5, 5.41) is 5.52. The van der Waals surface area contributed by atoms with Gasteiger partial charge in [-0.05, 0) is 50.0 Å². The van der Waals surface area contributed by atoms with E-state index in [2.05, 4.69) is 15.6 Å². The van der Waals surface area contributed by atoms with Crippen molar-refractivity contribution in [3.63, 3.8) is 0 Å². The second-order valence-electron chi connectivity index (χ2n) is 10.7. The maximum Gasteiger partial charge on any atom is 0.321 e. The third-order valence-electron chi connectivity index (χ3n) is 6.21. The molecule has 3 amide bonds. The highest BCUT2D eigenvalue weighted by Gasteiger charge is 2.36. The number of carbonyl (C=O) groups excluding carboxylic acids is 3. The summed E-state index contributed by atoms with van der Waals surface area (Å²) in [7, 11) is 3.94. The number of hydrogen-bond acceptors (Lipinski definition) is 6. The number of aromatic nitrogens is 1. The van der Waals surface area contributed by atoms with Crippen LogP contribution in [0.25, 0.3) is 0 Å². The molecule has 1 unspecified atom stereocenters. The SMILES string of the molecule is CN(C)Cc1cccc(NC(=O)NC2N=C(c3ccccn3)c3ccccc3N(CC(=O)C(C)(C)C)C2=O)c1. The minimum atomic E-state index is -1.29. The molecule has 0 fully saturated rings. The van der Waals surface area contributed by atoms with E-state index in [1.165, 1.54) is 4.90 Å². The van der Waals surface area contributed by atoms with Crippen LogP contribution in [0.1, 0.15) is 37.6 Å². The standard InChI is InChI=1S/C30H34N6O3/c1-30(2,3)25(37)19-36-24-15-7-6-13-22(24)26(23-14-8-9-16-31-23)33-27(28(36)38)34-29(39)32-21-12-10-11-20(17-21)18-35(4)5/h6-17,27H,18-19H2,1-5H3,(H2,32,34,39). The van der Waals surface area contributed by atoms with Crippen molar-refractivity contribution >= 4 is 34.8 Å². The first kappa shape index (κ1) is 27.7. The van der Waals surface area contributed by atoms with Crippen LogP contribution in [-0.4, -0.2) is 60.1 Å². The lowest BCUT2D eigenvalue weighted by Gasteiger charge is -2.28. The van der Waals surface area contributed by atoms with Crippen molar-refractivity contribution in [3.05, 3.63) is 89.7 Å². The molecule has 1 aromatic heterocycles. The van der Waals surface area contributed by atoms with E-state index in [9.17, 15) is 14.4 Å². The molecule has 39 heavy (non-hydrogen) atoms. The monoisotopic (exact) mass is 526 g/mol. The Morgan fingerprint density at radius 2 is 1.74 bits per heavy atom. The van der Waals surface area contributed by atoms with Gasteiger partial charge in [-0.25, -0.2) is 9.79 Å². The molecule has 9 heteroatoms. The fourth-order valence-corrected chi connectivity index (χ4v) is 4.18. The summed E-state index contributed by atoms with van der Waals surface area (Å²) in [6.07, 6.45) is 0.358. The number of urea groups is 1. The van der Waals surface area contributed by atoms with Gasteiger partial charge < -0.3 is 20.4 Å². The lowest BCUT2D eigenvalue weighted by atomic mass is 9.90. The third kappa shape index (κ3) is 6.74. The zero-order chi connectivity index (χ0) is 28.2. The number of Topliss-reactive ketones (excluding diaryl/α,β-unsaturated/α-hetero) is 1. The van der Waals surface area contributed by atoms with E-state index < -0.39 is 23.5 Å². The summed E-state index contributed by atoms with van der Waals surface area (Å²) in [5.41, 5.74) is 3.13. The number of aliphatic imine (C=N–C) groups is 1. The molecule has 0 spiro atoms. The van der Waals surface area contributed by atoms with Crippen LogP contribution in [0, 0.1) is 5.41 Å². The summed E-state index contributed by atoms with van der Waals surface area (Å²) >= 11 is 0. The van der Waals surface area contributed by atoms with Crippen LogP contribution < -0.4 is 15.5 Å². The molecule has 0 saturated heterocycles. The highest BCUT2D eigenvalue weighted by atomic mass is 16.2. The van der Waals surface area contributed by atoms with Gasteiger partial charge in [0, 0.05) is 29.4 Å². The van der Waals surface area contributed by atoms with Gasteiger partial charge >= 0.3 is 6.03 Å². The molecule has 2 aromatic carbocycles. The Kier molecular flexibility index (Phi) is 8.21. The van der Waals surface area contributed by atoms with Gasteiger partial charge in [-0.2, -0.15) is 0 Å². The van der Waals surface area contributed by atoms with E-state index in [4.69, 9.17) is 4.99 Å². The first-order chi connectivity index (χ1) is 18.5. The molecule has 0 bridgehead atoms. The molecule has 3 aromatic rings. The zero-order valence-corrected chi connectivity index (χ0v) is 22.9. The van der Waals surface area contributed by atoms with Crippen molar-refractivity contribution in [1.82, 2.24) is 15.2 Å². The molecule has 0 saturated carbocycles. The minimum Gasteiger partial charge on any atom is -0.308 e.